The molecule has 5 rings (SSSR count). The Morgan fingerprint density at radius 3 is 2.32 bits per heavy atom. The van der Waals surface area contributed by atoms with Crippen molar-refractivity contribution in [1.82, 2.24) is 9.89 Å². The van der Waals surface area contributed by atoms with Crippen molar-refractivity contribution in [2.24, 2.45) is 23.7 Å². The second-order valence-electron chi connectivity index (χ2n) is 6.65. The smallest absolute Gasteiger partial charge is 0.339 e. The maximum atomic E-state index is 11.4. The van der Waals surface area contributed by atoms with Crippen LogP contribution in [0.5, 0.6) is 0 Å². The van der Waals surface area contributed by atoms with E-state index in [-0.39, 0.29) is 0 Å². The predicted octanol–water partition coefficient (Wildman–Crippen LogP) is 1.83. The number of carboxylic acid groups (broad SMARTS) is 1. The van der Waals surface area contributed by atoms with Gasteiger partial charge in [0.15, 0.2) is 0 Å². The highest BCUT2D eigenvalue weighted by molar-refractivity contribution is 5.88. The number of nitrogen functional groups attached to an aromatic ring is 1. The minimum atomic E-state index is -0.902. The SMILES string of the molecule is Nn1ncc(C(=O)O)c1C1C2CC3CC(C2)CC1C3. The Morgan fingerprint density at radius 2 is 1.79 bits per heavy atom. The van der Waals surface area contributed by atoms with E-state index in [1.54, 1.807) is 0 Å². The molecule has 0 spiro atoms. The van der Waals surface area contributed by atoms with Gasteiger partial charge in [-0.05, 0) is 55.8 Å². The zero-order valence-electron chi connectivity index (χ0n) is 10.8. The van der Waals surface area contributed by atoms with Gasteiger partial charge in [-0.1, -0.05) is 0 Å². The Hall–Kier alpha value is -1.52. The summed E-state index contributed by atoms with van der Waals surface area (Å²) in [4.78, 5) is 12.7. The van der Waals surface area contributed by atoms with E-state index >= 15 is 0 Å². The van der Waals surface area contributed by atoms with Crippen LogP contribution in [-0.2, 0) is 0 Å². The topological polar surface area (TPSA) is 81.1 Å². The standard InChI is InChI=1S/C14H19N3O2/c15-17-13(11(6-16-17)14(18)19)12-9-2-7-1-8(4-9)5-10(12)3-7/h6-10,12H,1-5,15H2,(H,18,19). The number of hydrogen-bond donors (Lipinski definition) is 2. The lowest BCUT2D eigenvalue weighted by molar-refractivity contribution is -0.00549. The molecule has 1 aromatic heterocycles. The second-order valence-corrected chi connectivity index (χ2v) is 6.65. The minimum absolute atomic E-state index is 0.306. The lowest BCUT2D eigenvalue weighted by Crippen LogP contribution is -2.45. The second kappa shape index (κ2) is 3.74. The van der Waals surface area contributed by atoms with Gasteiger partial charge in [-0.25, -0.2) is 4.79 Å². The van der Waals surface area contributed by atoms with Gasteiger partial charge < -0.3 is 10.9 Å². The Balaban J connectivity index is 1.77. The van der Waals surface area contributed by atoms with Crippen LogP contribution in [0.4, 0.5) is 0 Å². The normalized spacial score (nSPS) is 39.7. The molecule has 0 unspecified atom stereocenters. The van der Waals surface area contributed by atoms with Crippen molar-refractivity contribution in [1.29, 1.82) is 0 Å². The molecule has 4 saturated carbocycles. The third-order valence-corrected chi connectivity index (χ3v) is 5.61. The molecule has 4 bridgehead atoms. The first-order chi connectivity index (χ1) is 9.13. The van der Waals surface area contributed by atoms with Crippen LogP contribution in [0.25, 0.3) is 0 Å². The summed E-state index contributed by atoms with van der Waals surface area (Å²) in [7, 11) is 0. The summed E-state index contributed by atoms with van der Waals surface area (Å²) in [5, 5.41) is 13.3. The van der Waals surface area contributed by atoms with Gasteiger partial charge in [0.05, 0.1) is 11.9 Å². The fraction of sp³-hybridized carbons (Fsp3) is 0.714. The number of carboxylic acids is 1. The van der Waals surface area contributed by atoms with Crippen molar-refractivity contribution < 1.29 is 9.90 Å². The summed E-state index contributed by atoms with van der Waals surface area (Å²) >= 11 is 0. The van der Waals surface area contributed by atoms with E-state index in [4.69, 9.17) is 5.84 Å². The largest absolute Gasteiger partial charge is 0.478 e. The zero-order valence-corrected chi connectivity index (χ0v) is 10.8. The van der Waals surface area contributed by atoms with Crippen LogP contribution in [0.3, 0.4) is 0 Å². The molecular weight excluding hydrogens is 242 g/mol. The molecule has 0 radical (unpaired) electrons. The van der Waals surface area contributed by atoms with Crippen molar-refractivity contribution in [3.63, 3.8) is 0 Å². The van der Waals surface area contributed by atoms with Gasteiger partial charge in [-0.2, -0.15) is 9.89 Å². The van der Waals surface area contributed by atoms with Crippen LogP contribution < -0.4 is 5.84 Å². The summed E-state index contributed by atoms with van der Waals surface area (Å²) < 4.78 is 0. The molecule has 4 fully saturated rings. The molecule has 102 valence electrons. The molecule has 5 nitrogen and oxygen atoms in total. The molecular formula is C14H19N3O2. The van der Waals surface area contributed by atoms with E-state index in [0.29, 0.717) is 23.3 Å². The minimum Gasteiger partial charge on any atom is -0.478 e. The van der Waals surface area contributed by atoms with E-state index in [0.717, 1.165) is 17.5 Å². The Bertz CT molecular complexity index is 509. The molecule has 0 aliphatic heterocycles. The van der Waals surface area contributed by atoms with Gasteiger partial charge in [0.25, 0.3) is 0 Å². The molecule has 0 amide bonds. The van der Waals surface area contributed by atoms with Crippen LogP contribution in [0.15, 0.2) is 6.20 Å². The van der Waals surface area contributed by atoms with Crippen molar-refractivity contribution in [2.45, 2.75) is 38.0 Å². The van der Waals surface area contributed by atoms with E-state index < -0.39 is 5.97 Å². The van der Waals surface area contributed by atoms with E-state index in [9.17, 15) is 9.90 Å². The first-order valence-corrected chi connectivity index (χ1v) is 7.19. The van der Waals surface area contributed by atoms with Crippen molar-refractivity contribution in [3.05, 3.63) is 17.5 Å². The van der Waals surface area contributed by atoms with Gasteiger partial charge in [-0.15, -0.1) is 0 Å². The quantitative estimate of drug-likeness (QED) is 0.796. The fourth-order valence-electron chi connectivity index (χ4n) is 5.24. The molecule has 0 atom stereocenters. The molecule has 0 saturated heterocycles. The third kappa shape index (κ3) is 1.53. The summed E-state index contributed by atoms with van der Waals surface area (Å²) in [5.41, 5.74) is 1.07. The van der Waals surface area contributed by atoms with Gasteiger partial charge in [0.2, 0.25) is 0 Å². The van der Waals surface area contributed by atoms with E-state index in [2.05, 4.69) is 5.10 Å². The van der Waals surface area contributed by atoms with Gasteiger partial charge in [0.1, 0.15) is 5.56 Å². The molecule has 1 aromatic rings. The number of rotatable bonds is 2. The molecule has 1 heterocycles. The highest BCUT2D eigenvalue weighted by Crippen LogP contribution is 2.59. The summed E-state index contributed by atoms with van der Waals surface area (Å²) in [6.45, 7) is 0. The average molecular weight is 261 g/mol. The average Bonchev–Trinajstić information content (AvgIpc) is 2.70. The monoisotopic (exact) mass is 261 g/mol. The first-order valence-electron chi connectivity index (χ1n) is 7.19. The number of nitrogens with zero attached hydrogens (tertiary/aromatic N) is 2. The van der Waals surface area contributed by atoms with Crippen LogP contribution in [0.1, 0.15) is 54.1 Å². The molecule has 3 N–H and O–H groups in total. The van der Waals surface area contributed by atoms with Crippen LogP contribution in [0, 0.1) is 23.7 Å². The molecule has 4 aliphatic carbocycles. The Kier molecular flexibility index (Phi) is 2.23. The molecule has 4 aliphatic rings. The summed E-state index contributed by atoms with van der Waals surface area (Å²) in [6.07, 6.45) is 7.81. The van der Waals surface area contributed by atoms with Gasteiger partial charge in [0, 0.05) is 5.92 Å². The van der Waals surface area contributed by atoms with Crippen LogP contribution in [-0.4, -0.2) is 21.0 Å². The Morgan fingerprint density at radius 1 is 1.21 bits per heavy atom. The number of aromatic nitrogens is 2. The highest BCUT2D eigenvalue weighted by Gasteiger charge is 2.50. The lowest BCUT2D eigenvalue weighted by atomic mass is 9.51. The van der Waals surface area contributed by atoms with Crippen LogP contribution >= 0.6 is 0 Å². The van der Waals surface area contributed by atoms with E-state index in [1.807, 2.05) is 0 Å². The fourth-order valence-corrected chi connectivity index (χ4v) is 5.24. The van der Waals surface area contributed by atoms with Crippen molar-refractivity contribution in [3.8, 4) is 0 Å². The number of hydrogen-bond acceptors (Lipinski definition) is 3. The van der Waals surface area contributed by atoms with Gasteiger partial charge in [-0.3, -0.25) is 0 Å². The third-order valence-electron chi connectivity index (χ3n) is 5.61. The van der Waals surface area contributed by atoms with Crippen LogP contribution in [0.2, 0.25) is 0 Å². The van der Waals surface area contributed by atoms with Crippen molar-refractivity contribution in [2.75, 3.05) is 5.84 Å². The highest BCUT2D eigenvalue weighted by atomic mass is 16.4. The maximum Gasteiger partial charge on any atom is 0.339 e. The predicted molar refractivity (Wildman–Crippen MR) is 69.1 cm³/mol. The Labute approximate surface area is 111 Å². The number of carbonyl (C=O) groups is 1. The number of nitrogens with two attached hydrogens (primary N) is 1. The maximum absolute atomic E-state index is 11.4. The van der Waals surface area contributed by atoms with Crippen molar-refractivity contribution >= 4 is 5.97 Å². The molecule has 0 aromatic carbocycles. The number of aromatic carboxylic acids is 1. The first kappa shape index (κ1) is 11.3. The molecule has 5 heteroatoms. The lowest BCUT2D eigenvalue weighted by Gasteiger charge is -2.54. The van der Waals surface area contributed by atoms with E-state index in [1.165, 1.54) is 43.1 Å². The summed E-state index contributed by atoms with van der Waals surface area (Å²) in [6, 6.07) is 0. The zero-order chi connectivity index (χ0) is 13.1. The summed E-state index contributed by atoms with van der Waals surface area (Å²) in [5.74, 6) is 8.30. The van der Waals surface area contributed by atoms with Gasteiger partial charge >= 0.3 is 5.97 Å². The molecule has 19 heavy (non-hydrogen) atoms.